The summed E-state index contributed by atoms with van der Waals surface area (Å²) in [5.74, 6) is 0.760. The Balaban J connectivity index is 2.55. The molecule has 0 amide bonds. The van der Waals surface area contributed by atoms with Crippen LogP contribution >= 0.6 is 24.0 Å². The summed E-state index contributed by atoms with van der Waals surface area (Å²) in [5.41, 5.74) is 3.77. The third-order valence-electron chi connectivity index (χ3n) is 2.93. The van der Waals surface area contributed by atoms with Gasteiger partial charge in [-0.2, -0.15) is 12.6 Å². The molecule has 1 nitrogen and oxygen atoms in total. The summed E-state index contributed by atoms with van der Waals surface area (Å²) in [7, 11) is 0. The summed E-state index contributed by atoms with van der Waals surface area (Å²) in [4.78, 5) is 6.13. The first kappa shape index (κ1) is 13.6. The molecule has 1 heterocycles. The van der Waals surface area contributed by atoms with Crippen molar-refractivity contribution >= 4 is 24.0 Å². The molecule has 0 aliphatic carbocycles. The van der Waals surface area contributed by atoms with Gasteiger partial charge in [0.25, 0.3) is 0 Å². The van der Waals surface area contributed by atoms with Crippen molar-refractivity contribution in [3.05, 3.63) is 40.4 Å². The number of hydrogen-bond acceptors (Lipinski definition) is 3. The Morgan fingerprint density at radius 1 is 1.22 bits per heavy atom. The SMILES string of the molecule is Cc1ccccc1-c1nc(C(C)(C)C)c(CS)s1. The highest BCUT2D eigenvalue weighted by molar-refractivity contribution is 7.79. The van der Waals surface area contributed by atoms with Gasteiger partial charge in [0, 0.05) is 21.6 Å². The van der Waals surface area contributed by atoms with Crippen molar-refractivity contribution in [3.63, 3.8) is 0 Å². The van der Waals surface area contributed by atoms with E-state index in [4.69, 9.17) is 4.98 Å². The number of aromatic nitrogens is 1. The first-order valence-electron chi connectivity index (χ1n) is 6.10. The van der Waals surface area contributed by atoms with Crippen molar-refractivity contribution in [1.82, 2.24) is 4.98 Å². The van der Waals surface area contributed by atoms with E-state index < -0.39 is 0 Å². The molecule has 0 atom stereocenters. The van der Waals surface area contributed by atoms with Gasteiger partial charge in [0.1, 0.15) is 5.01 Å². The number of thiol groups is 1. The molecule has 0 N–H and O–H groups in total. The van der Waals surface area contributed by atoms with Crippen LogP contribution in [0.1, 0.15) is 36.9 Å². The summed E-state index contributed by atoms with van der Waals surface area (Å²) < 4.78 is 0. The molecule has 2 rings (SSSR count). The van der Waals surface area contributed by atoms with E-state index >= 15 is 0 Å². The van der Waals surface area contributed by atoms with Crippen molar-refractivity contribution in [3.8, 4) is 10.6 Å². The van der Waals surface area contributed by atoms with E-state index in [0.717, 1.165) is 10.8 Å². The first-order chi connectivity index (χ1) is 8.43. The van der Waals surface area contributed by atoms with Gasteiger partial charge in [-0.1, -0.05) is 45.0 Å². The molecule has 3 heteroatoms. The van der Waals surface area contributed by atoms with Crippen LogP contribution in [0.4, 0.5) is 0 Å². The van der Waals surface area contributed by atoms with Crippen LogP contribution in [0.5, 0.6) is 0 Å². The number of benzene rings is 1. The lowest BCUT2D eigenvalue weighted by atomic mass is 9.91. The zero-order valence-corrected chi connectivity index (χ0v) is 13.0. The van der Waals surface area contributed by atoms with E-state index in [1.165, 1.54) is 21.7 Å². The van der Waals surface area contributed by atoms with Gasteiger partial charge in [0.05, 0.1) is 5.69 Å². The fourth-order valence-corrected chi connectivity index (χ4v) is 3.54. The second kappa shape index (κ2) is 5.06. The van der Waals surface area contributed by atoms with Gasteiger partial charge in [0.15, 0.2) is 0 Å². The summed E-state index contributed by atoms with van der Waals surface area (Å²) in [6.45, 7) is 8.75. The first-order valence-corrected chi connectivity index (χ1v) is 7.55. The molecule has 0 bridgehead atoms. The summed E-state index contributed by atoms with van der Waals surface area (Å²) in [6.07, 6.45) is 0. The van der Waals surface area contributed by atoms with Crippen LogP contribution in [0.25, 0.3) is 10.6 Å². The van der Waals surface area contributed by atoms with E-state index in [1.54, 1.807) is 11.3 Å². The van der Waals surface area contributed by atoms with Crippen LogP contribution in [0, 0.1) is 6.92 Å². The van der Waals surface area contributed by atoms with Gasteiger partial charge in [0.2, 0.25) is 0 Å². The zero-order valence-electron chi connectivity index (χ0n) is 11.3. The largest absolute Gasteiger partial charge is 0.240 e. The average molecular weight is 277 g/mol. The quantitative estimate of drug-likeness (QED) is 0.775. The van der Waals surface area contributed by atoms with E-state index in [0.29, 0.717) is 0 Å². The standard InChI is InChI=1S/C15H19NS2/c1-10-7-5-6-8-11(10)14-16-13(15(2,3)4)12(9-17)18-14/h5-8,17H,9H2,1-4H3. The summed E-state index contributed by atoms with van der Waals surface area (Å²) in [5, 5.41) is 1.11. The molecule has 96 valence electrons. The molecule has 0 spiro atoms. The summed E-state index contributed by atoms with van der Waals surface area (Å²) >= 11 is 6.20. The lowest BCUT2D eigenvalue weighted by molar-refractivity contribution is 0.569. The fraction of sp³-hybridized carbons (Fsp3) is 0.400. The van der Waals surface area contributed by atoms with Gasteiger partial charge in [-0.05, 0) is 12.5 Å². The maximum atomic E-state index is 4.85. The monoisotopic (exact) mass is 277 g/mol. The maximum absolute atomic E-state index is 4.85. The fourth-order valence-electron chi connectivity index (χ4n) is 1.97. The molecule has 2 aromatic rings. The molecule has 0 saturated carbocycles. The topological polar surface area (TPSA) is 12.9 Å². The molecule has 1 aromatic carbocycles. The number of thiazole rings is 1. The van der Waals surface area contributed by atoms with E-state index in [1.807, 2.05) is 0 Å². The van der Waals surface area contributed by atoms with E-state index in [-0.39, 0.29) is 5.41 Å². The van der Waals surface area contributed by atoms with Crippen LogP contribution in [-0.4, -0.2) is 4.98 Å². The number of rotatable bonds is 2. The van der Waals surface area contributed by atoms with Crippen LogP contribution in [0.3, 0.4) is 0 Å². The van der Waals surface area contributed by atoms with E-state index in [2.05, 4.69) is 64.6 Å². The molecule has 1 aromatic heterocycles. The minimum Gasteiger partial charge on any atom is -0.240 e. The molecule has 0 aliphatic heterocycles. The molecule has 0 aliphatic rings. The molecule has 0 saturated heterocycles. The van der Waals surface area contributed by atoms with Crippen LogP contribution in [0.15, 0.2) is 24.3 Å². The summed E-state index contributed by atoms with van der Waals surface area (Å²) in [6, 6.07) is 8.41. The maximum Gasteiger partial charge on any atom is 0.124 e. The normalized spacial score (nSPS) is 11.8. The Kier molecular flexibility index (Phi) is 3.83. The van der Waals surface area contributed by atoms with Crippen molar-refractivity contribution in [2.24, 2.45) is 0 Å². The Bertz CT molecular complexity index is 550. The lowest BCUT2D eigenvalue weighted by Crippen LogP contribution is -2.13. The predicted molar refractivity (Wildman–Crippen MR) is 83.7 cm³/mol. The molecule has 0 unspecified atom stereocenters. The highest BCUT2D eigenvalue weighted by atomic mass is 32.1. The Morgan fingerprint density at radius 3 is 2.39 bits per heavy atom. The Hall–Kier alpha value is -0.800. The lowest BCUT2D eigenvalue weighted by Gasteiger charge is -2.16. The molecular weight excluding hydrogens is 258 g/mol. The van der Waals surface area contributed by atoms with Gasteiger partial charge in [-0.25, -0.2) is 4.98 Å². The highest BCUT2D eigenvalue weighted by Gasteiger charge is 2.23. The minimum absolute atomic E-state index is 0.0789. The number of aryl methyl sites for hydroxylation is 1. The van der Waals surface area contributed by atoms with Crippen molar-refractivity contribution < 1.29 is 0 Å². The average Bonchev–Trinajstić information content (AvgIpc) is 2.73. The van der Waals surface area contributed by atoms with Crippen molar-refractivity contribution in [2.45, 2.75) is 38.9 Å². The smallest absolute Gasteiger partial charge is 0.124 e. The molecule has 18 heavy (non-hydrogen) atoms. The van der Waals surface area contributed by atoms with Gasteiger partial charge >= 0.3 is 0 Å². The Morgan fingerprint density at radius 2 is 1.89 bits per heavy atom. The van der Waals surface area contributed by atoms with Gasteiger partial charge in [-0.15, -0.1) is 11.3 Å². The molecule has 0 radical (unpaired) electrons. The van der Waals surface area contributed by atoms with Crippen LogP contribution < -0.4 is 0 Å². The van der Waals surface area contributed by atoms with Crippen LogP contribution in [0.2, 0.25) is 0 Å². The van der Waals surface area contributed by atoms with Crippen molar-refractivity contribution in [1.29, 1.82) is 0 Å². The van der Waals surface area contributed by atoms with Gasteiger partial charge in [-0.3, -0.25) is 0 Å². The van der Waals surface area contributed by atoms with Gasteiger partial charge < -0.3 is 0 Å². The number of nitrogens with zero attached hydrogens (tertiary/aromatic N) is 1. The third-order valence-corrected chi connectivity index (χ3v) is 4.55. The third kappa shape index (κ3) is 2.62. The highest BCUT2D eigenvalue weighted by Crippen LogP contribution is 2.36. The second-order valence-electron chi connectivity index (χ2n) is 5.51. The zero-order chi connectivity index (χ0) is 13.3. The number of hydrogen-bond donors (Lipinski definition) is 1. The Labute approximate surface area is 119 Å². The second-order valence-corrected chi connectivity index (χ2v) is 6.91. The molecule has 0 fully saturated rings. The van der Waals surface area contributed by atoms with Crippen LogP contribution in [-0.2, 0) is 11.2 Å². The van der Waals surface area contributed by atoms with Crippen molar-refractivity contribution in [2.75, 3.05) is 0 Å². The molecular formula is C15H19NS2. The van der Waals surface area contributed by atoms with E-state index in [9.17, 15) is 0 Å². The minimum atomic E-state index is 0.0789. The predicted octanol–water partition coefficient (Wildman–Crippen LogP) is 4.85.